The number of nitrogens with zero attached hydrogens (tertiary/aromatic N) is 3. The maximum atomic E-state index is 11.9. The van der Waals surface area contributed by atoms with Crippen LogP contribution in [0.25, 0.3) is 0 Å². The van der Waals surface area contributed by atoms with E-state index >= 15 is 0 Å². The quantitative estimate of drug-likeness (QED) is 0.903. The van der Waals surface area contributed by atoms with E-state index in [4.69, 9.17) is 10.00 Å². The summed E-state index contributed by atoms with van der Waals surface area (Å²) < 4.78 is 6.42. The standard InChI is InChI=1S/C14H14N4O2/c1-16-12-6-14(19)18(17-8-12)9-10-3-4-13(20-2)11(5-10)7-15/h3-6,8,16H,9H2,1-2H3. The summed E-state index contributed by atoms with van der Waals surface area (Å²) in [6.45, 7) is 0.307. The summed E-state index contributed by atoms with van der Waals surface area (Å²) in [4.78, 5) is 11.9. The first kappa shape index (κ1) is 13.6. The minimum atomic E-state index is -0.203. The third-order valence-electron chi connectivity index (χ3n) is 2.87. The molecule has 2 aromatic rings. The highest BCUT2D eigenvalue weighted by Crippen LogP contribution is 2.19. The van der Waals surface area contributed by atoms with Gasteiger partial charge in [0.05, 0.1) is 31.1 Å². The SMILES string of the molecule is CNc1cnn(Cc2ccc(OC)c(C#N)c2)c(=O)c1. The molecule has 0 bridgehead atoms. The van der Waals surface area contributed by atoms with E-state index in [-0.39, 0.29) is 5.56 Å². The van der Waals surface area contributed by atoms with Crippen LogP contribution in [0, 0.1) is 11.3 Å². The number of anilines is 1. The fourth-order valence-electron chi connectivity index (χ4n) is 1.80. The zero-order valence-electron chi connectivity index (χ0n) is 11.3. The Morgan fingerprint density at radius 2 is 2.25 bits per heavy atom. The first-order valence-corrected chi connectivity index (χ1v) is 6.00. The maximum absolute atomic E-state index is 11.9. The van der Waals surface area contributed by atoms with E-state index in [0.717, 1.165) is 5.56 Å². The number of nitrogens with one attached hydrogen (secondary N) is 1. The van der Waals surface area contributed by atoms with E-state index in [1.807, 2.05) is 0 Å². The largest absolute Gasteiger partial charge is 0.495 e. The van der Waals surface area contributed by atoms with Crippen LogP contribution in [0.1, 0.15) is 11.1 Å². The predicted molar refractivity (Wildman–Crippen MR) is 74.9 cm³/mol. The molecule has 20 heavy (non-hydrogen) atoms. The lowest BCUT2D eigenvalue weighted by Gasteiger charge is -2.08. The highest BCUT2D eigenvalue weighted by atomic mass is 16.5. The second-order valence-corrected chi connectivity index (χ2v) is 4.14. The Kier molecular flexibility index (Phi) is 4.01. The summed E-state index contributed by atoms with van der Waals surface area (Å²) in [7, 11) is 3.24. The second kappa shape index (κ2) is 5.89. The van der Waals surface area contributed by atoms with E-state index < -0.39 is 0 Å². The molecule has 0 aliphatic heterocycles. The molecule has 1 aromatic heterocycles. The van der Waals surface area contributed by atoms with Crippen molar-refractivity contribution in [3.05, 3.63) is 51.9 Å². The Hall–Kier alpha value is -2.81. The third kappa shape index (κ3) is 2.78. The van der Waals surface area contributed by atoms with E-state index in [1.165, 1.54) is 17.9 Å². The zero-order valence-corrected chi connectivity index (χ0v) is 11.3. The molecule has 1 aromatic carbocycles. The molecule has 0 radical (unpaired) electrons. The van der Waals surface area contributed by atoms with Gasteiger partial charge >= 0.3 is 0 Å². The van der Waals surface area contributed by atoms with E-state index in [1.54, 1.807) is 31.4 Å². The van der Waals surface area contributed by atoms with Crippen LogP contribution in [0.2, 0.25) is 0 Å². The van der Waals surface area contributed by atoms with Crippen LogP contribution in [0.5, 0.6) is 5.75 Å². The number of methoxy groups -OCH3 is 1. The van der Waals surface area contributed by atoms with Crippen molar-refractivity contribution < 1.29 is 4.74 Å². The van der Waals surface area contributed by atoms with Crippen molar-refractivity contribution in [2.75, 3.05) is 19.5 Å². The predicted octanol–water partition coefficient (Wildman–Crippen LogP) is 1.21. The monoisotopic (exact) mass is 270 g/mol. The molecule has 0 unspecified atom stereocenters. The van der Waals surface area contributed by atoms with Gasteiger partial charge in [0.2, 0.25) is 0 Å². The van der Waals surface area contributed by atoms with Crippen molar-refractivity contribution in [1.29, 1.82) is 5.26 Å². The lowest BCUT2D eigenvalue weighted by atomic mass is 10.1. The lowest BCUT2D eigenvalue weighted by molar-refractivity contribution is 0.413. The van der Waals surface area contributed by atoms with Crippen LogP contribution < -0.4 is 15.6 Å². The van der Waals surface area contributed by atoms with Crippen molar-refractivity contribution in [2.24, 2.45) is 0 Å². The van der Waals surface area contributed by atoms with Gasteiger partial charge in [0, 0.05) is 13.1 Å². The van der Waals surface area contributed by atoms with Crippen LogP contribution in [0.3, 0.4) is 0 Å². The molecule has 0 aliphatic rings. The molecule has 0 atom stereocenters. The van der Waals surface area contributed by atoms with Crippen molar-refractivity contribution in [3.63, 3.8) is 0 Å². The van der Waals surface area contributed by atoms with Gasteiger partial charge in [-0.2, -0.15) is 10.4 Å². The molecule has 6 nitrogen and oxygen atoms in total. The molecule has 2 rings (SSSR count). The van der Waals surface area contributed by atoms with Gasteiger partial charge < -0.3 is 10.1 Å². The average molecular weight is 270 g/mol. The Labute approximate surface area is 116 Å². The number of ether oxygens (including phenoxy) is 1. The Morgan fingerprint density at radius 1 is 1.45 bits per heavy atom. The lowest BCUT2D eigenvalue weighted by Crippen LogP contribution is -2.22. The van der Waals surface area contributed by atoms with Gasteiger partial charge in [-0.25, -0.2) is 4.68 Å². The molecule has 102 valence electrons. The topological polar surface area (TPSA) is 79.9 Å². The highest BCUT2D eigenvalue weighted by molar-refractivity contribution is 5.45. The number of hydrogen-bond donors (Lipinski definition) is 1. The summed E-state index contributed by atoms with van der Waals surface area (Å²) in [6, 6.07) is 8.74. The molecule has 0 saturated carbocycles. The normalized spacial score (nSPS) is 9.85. The van der Waals surface area contributed by atoms with Crippen LogP contribution >= 0.6 is 0 Å². The number of nitriles is 1. The third-order valence-corrected chi connectivity index (χ3v) is 2.87. The average Bonchev–Trinajstić information content (AvgIpc) is 2.49. The molecule has 0 fully saturated rings. The minimum absolute atomic E-state index is 0.203. The molecule has 0 aliphatic carbocycles. The molecule has 6 heteroatoms. The van der Waals surface area contributed by atoms with Crippen molar-refractivity contribution in [3.8, 4) is 11.8 Å². The summed E-state index contributed by atoms with van der Waals surface area (Å²) in [5.74, 6) is 0.516. The first-order chi connectivity index (χ1) is 9.67. The summed E-state index contributed by atoms with van der Waals surface area (Å²) in [5, 5.41) is 16.0. The fraction of sp³-hybridized carbons (Fsp3) is 0.214. The van der Waals surface area contributed by atoms with Crippen molar-refractivity contribution >= 4 is 5.69 Å². The maximum Gasteiger partial charge on any atom is 0.269 e. The van der Waals surface area contributed by atoms with Gasteiger partial charge in [-0.15, -0.1) is 0 Å². The van der Waals surface area contributed by atoms with E-state index in [9.17, 15) is 4.79 Å². The van der Waals surface area contributed by atoms with Gasteiger partial charge in [0.25, 0.3) is 5.56 Å². The van der Waals surface area contributed by atoms with Gasteiger partial charge in [0.1, 0.15) is 11.8 Å². The summed E-state index contributed by atoms with van der Waals surface area (Å²) in [6.07, 6.45) is 1.58. The summed E-state index contributed by atoms with van der Waals surface area (Å²) >= 11 is 0. The Morgan fingerprint density at radius 3 is 2.85 bits per heavy atom. The van der Waals surface area contributed by atoms with Crippen LogP contribution in [-0.4, -0.2) is 23.9 Å². The molecule has 0 spiro atoms. The fourth-order valence-corrected chi connectivity index (χ4v) is 1.80. The van der Waals surface area contributed by atoms with Crippen molar-refractivity contribution in [1.82, 2.24) is 9.78 Å². The van der Waals surface area contributed by atoms with Crippen LogP contribution in [0.15, 0.2) is 35.3 Å². The Bertz CT molecular complexity index is 716. The summed E-state index contributed by atoms with van der Waals surface area (Å²) in [5.41, 5.74) is 1.71. The van der Waals surface area contributed by atoms with Gasteiger partial charge in [0.15, 0.2) is 0 Å². The van der Waals surface area contributed by atoms with E-state index in [0.29, 0.717) is 23.5 Å². The zero-order chi connectivity index (χ0) is 14.5. The van der Waals surface area contributed by atoms with Crippen molar-refractivity contribution in [2.45, 2.75) is 6.54 Å². The Balaban J connectivity index is 2.31. The molecular weight excluding hydrogens is 256 g/mol. The minimum Gasteiger partial charge on any atom is -0.495 e. The smallest absolute Gasteiger partial charge is 0.269 e. The number of aromatic nitrogens is 2. The molecule has 0 saturated heterocycles. The number of rotatable bonds is 4. The second-order valence-electron chi connectivity index (χ2n) is 4.14. The van der Waals surface area contributed by atoms with E-state index in [2.05, 4.69) is 16.5 Å². The molecule has 0 amide bonds. The number of hydrogen-bond acceptors (Lipinski definition) is 5. The van der Waals surface area contributed by atoms with Crippen LogP contribution in [-0.2, 0) is 6.54 Å². The highest BCUT2D eigenvalue weighted by Gasteiger charge is 2.06. The number of benzene rings is 1. The van der Waals surface area contributed by atoms with Gasteiger partial charge in [-0.3, -0.25) is 4.79 Å². The van der Waals surface area contributed by atoms with Crippen LogP contribution in [0.4, 0.5) is 5.69 Å². The molecular formula is C14H14N4O2. The first-order valence-electron chi connectivity index (χ1n) is 6.00. The molecule has 1 heterocycles. The molecule has 1 N–H and O–H groups in total. The van der Waals surface area contributed by atoms with Gasteiger partial charge in [-0.05, 0) is 17.7 Å². The van der Waals surface area contributed by atoms with Gasteiger partial charge in [-0.1, -0.05) is 6.07 Å².